The zero-order valence-electron chi connectivity index (χ0n) is 12.6. The number of hydrogen-bond acceptors (Lipinski definition) is 3. The average Bonchev–Trinajstić information content (AvgIpc) is 2.49. The standard InChI is InChI=1S/C17H14Cl2N2O2/c1-9(2)23-15-6-4-11(19)8-13(15)16-20-14-5-3-10(18)7-12(14)17(22)21-16/h3-9H,1-2H3,(H,20,21,22). The van der Waals surface area contributed by atoms with Crippen LogP contribution in [-0.2, 0) is 0 Å². The van der Waals surface area contributed by atoms with E-state index in [4.69, 9.17) is 27.9 Å². The lowest BCUT2D eigenvalue weighted by Gasteiger charge is -2.14. The number of aromatic nitrogens is 2. The van der Waals surface area contributed by atoms with Gasteiger partial charge in [0.05, 0.1) is 22.6 Å². The van der Waals surface area contributed by atoms with Crippen LogP contribution in [0.2, 0.25) is 10.0 Å². The maximum absolute atomic E-state index is 12.3. The molecule has 6 heteroatoms. The molecule has 1 heterocycles. The predicted molar refractivity (Wildman–Crippen MR) is 93.6 cm³/mol. The summed E-state index contributed by atoms with van der Waals surface area (Å²) >= 11 is 12.0. The molecule has 1 N–H and O–H groups in total. The van der Waals surface area contributed by atoms with Crippen molar-refractivity contribution >= 4 is 34.1 Å². The Bertz CT molecular complexity index is 936. The normalized spacial score (nSPS) is 11.2. The number of benzene rings is 2. The van der Waals surface area contributed by atoms with E-state index in [9.17, 15) is 4.79 Å². The second kappa shape index (κ2) is 6.22. The lowest BCUT2D eigenvalue weighted by Crippen LogP contribution is -2.11. The maximum atomic E-state index is 12.3. The van der Waals surface area contributed by atoms with E-state index in [0.29, 0.717) is 38.1 Å². The van der Waals surface area contributed by atoms with Gasteiger partial charge in [0.2, 0.25) is 0 Å². The first-order valence-electron chi connectivity index (χ1n) is 7.10. The van der Waals surface area contributed by atoms with E-state index in [1.807, 2.05) is 13.8 Å². The molecular weight excluding hydrogens is 335 g/mol. The summed E-state index contributed by atoms with van der Waals surface area (Å²) in [6.07, 6.45) is -0.0130. The zero-order chi connectivity index (χ0) is 16.6. The van der Waals surface area contributed by atoms with Gasteiger partial charge in [-0.2, -0.15) is 0 Å². The molecule has 0 atom stereocenters. The van der Waals surface area contributed by atoms with E-state index >= 15 is 0 Å². The number of nitrogens with one attached hydrogen (secondary N) is 1. The third kappa shape index (κ3) is 3.33. The monoisotopic (exact) mass is 348 g/mol. The van der Waals surface area contributed by atoms with Crippen molar-refractivity contribution in [2.45, 2.75) is 20.0 Å². The first kappa shape index (κ1) is 15.8. The third-order valence-electron chi connectivity index (χ3n) is 3.23. The van der Waals surface area contributed by atoms with Crippen molar-refractivity contribution in [1.29, 1.82) is 0 Å². The number of aromatic amines is 1. The third-order valence-corrected chi connectivity index (χ3v) is 3.70. The van der Waals surface area contributed by atoms with Crippen molar-refractivity contribution in [3.05, 3.63) is 56.8 Å². The number of nitrogens with zero attached hydrogens (tertiary/aromatic N) is 1. The Morgan fingerprint density at radius 2 is 1.78 bits per heavy atom. The fraction of sp³-hybridized carbons (Fsp3) is 0.176. The summed E-state index contributed by atoms with van der Waals surface area (Å²) in [5.74, 6) is 1.02. The number of rotatable bonds is 3. The van der Waals surface area contributed by atoms with Gasteiger partial charge in [-0.3, -0.25) is 4.79 Å². The molecule has 0 amide bonds. The summed E-state index contributed by atoms with van der Waals surface area (Å²) in [5.41, 5.74) is 0.937. The van der Waals surface area contributed by atoms with Crippen LogP contribution in [0.25, 0.3) is 22.3 Å². The molecule has 3 rings (SSSR count). The number of fused-ring (bicyclic) bond motifs is 1. The molecule has 0 saturated carbocycles. The second-order valence-electron chi connectivity index (χ2n) is 5.38. The highest BCUT2D eigenvalue weighted by molar-refractivity contribution is 6.31. The van der Waals surface area contributed by atoms with Crippen LogP contribution in [0.1, 0.15) is 13.8 Å². The van der Waals surface area contributed by atoms with Gasteiger partial charge in [0, 0.05) is 10.0 Å². The topological polar surface area (TPSA) is 55.0 Å². The molecule has 0 radical (unpaired) electrons. The van der Waals surface area contributed by atoms with Crippen molar-refractivity contribution in [3.63, 3.8) is 0 Å². The van der Waals surface area contributed by atoms with Crippen LogP contribution < -0.4 is 10.3 Å². The second-order valence-corrected chi connectivity index (χ2v) is 6.26. The molecule has 118 valence electrons. The Labute approximate surface area is 143 Å². The molecule has 0 bridgehead atoms. The molecule has 0 aliphatic rings. The largest absolute Gasteiger partial charge is 0.490 e. The Morgan fingerprint density at radius 3 is 2.52 bits per heavy atom. The molecule has 4 nitrogen and oxygen atoms in total. The van der Waals surface area contributed by atoms with Gasteiger partial charge in [-0.15, -0.1) is 0 Å². The first-order chi connectivity index (χ1) is 10.9. The van der Waals surface area contributed by atoms with E-state index in [1.165, 1.54) is 0 Å². The molecule has 2 aromatic carbocycles. The quantitative estimate of drug-likeness (QED) is 0.747. The molecule has 0 fully saturated rings. The van der Waals surface area contributed by atoms with Crippen molar-refractivity contribution in [2.75, 3.05) is 0 Å². The van der Waals surface area contributed by atoms with Crippen LogP contribution >= 0.6 is 23.2 Å². The summed E-state index contributed by atoms with van der Waals surface area (Å²) in [5, 5.41) is 1.47. The van der Waals surface area contributed by atoms with Crippen molar-refractivity contribution in [3.8, 4) is 17.1 Å². The maximum Gasteiger partial charge on any atom is 0.259 e. The average molecular weight is 349 g/mol. The molecule has 1 aromatic heterocycles. The van der Waals surface area contributed by atoms with Gasteiger partial charge in [0.25, 0.3) is 5.56 Å². The SMILES string of the molecule is CC(C)Oc1ccc(Cl)cc1-c1nc2ccc(Cl)cc2c(=O)[nH]1. The molecule has 23 heavy (non-hydrogen) atoms. The fourth-order valence-corrected chi connectivity index (χ4v) is 2.63. The molecule has 0 aliphatic heterocycles. The summed E-state index contributed by atoms with van der Waals surface area (Å²) in [4.78, 5) is 19.6. The van der Waals surface area contributed by atoms with Crippen molar-refractivity contribution in [2.24, 2.45) is 0 Å². The van der Waals surface area contributed by atoms with Gasteiger partial charge in [-0.1, -0.05) is 23.2 Å². The highest BCUT2D eigenvalue weighted by Gasteiger charge is 2.13. The highest BCUT2D eigenvalue weighted by Crippen LogP contribution is 2.31. The van der Waals surface area contributed by atoms with Crippen LogP contribution in [0.3, 0.4) is 0 Å². The van der Waals surface area contributed by atoms with Crippen LogP contribution in [0, 0.1) is 0 Å². The van der Waals surface area contributed by atoms with Gasteiger partial charge in [0.15, 0.2) is 0 Å². The van der Waals surface area contributed by atoms with Gasteiger partial charge in [0.1, 0.15) is 11.6 Å². The number of H-pyrrole nitrogens is 1. The minimum Gasteiger partial charge on any atom is -0.490 e. The van der Waals surface area contributed by atoms with Gasteiger partial charge in [-0.25, -0.2) is 4.98 Å². The van der Waals surface area contributed by atoms with Gasteiger partial charge in [-0.05, 0) is 50.2 Å². The number of hydrogen-bond donors (Lipinski definition) is 1. The van der Waals surface area contributed by atoms with E-state index in [1.54, 1.807) is 36.4 Å². The van der Waals surface area contributed by atoms with E-state index in [2.05, 4.69) is 9.97 Å². The smallest absolute Gasteiger partial charge is 0.259 e. The molecule has 0 spiro atoms. The van der Waals surface area contributed by atoms with Gasteiger partial charge >= 0.3 is 0 Å². The van der Waals surface area contributed by atoms with E-state index < -0.39 is 0 Å². The Morgan fingerprint density at radius 1 is 1.09 bits per heavy atom. The van der Waals surface area contributed by atoms with E-state index in [-0.39, 0.29) is 11.7 Å². The van der Waals surface area contributed by atoms with E-state index in [0.717, 1.165) is 0 Å². The molecule has 3 aromatic rings. The Kier molecular flexibility index (Phi) is 4.28. The summed E-state index contributed by atoms with van der Waals surface area (Å²) < 4.78 is 5.78. The highest BCUT2D eigenvalue weighted by atomic mass is 35.5. The minimum atomic E-state index is -0.261. The number of ether oxygens (including phenoxy) is 1. The number of halogens is 2. The lowest BCUT2D eigenvalue weighted by atomic mass is 10.1. The van der Waals surface area contributed by atoms with Crippen LogP contribution in [0.15, 0.2) is 41.2 Å². The molecule has 0 aliphatic carbocycles. The molecule has 0 unspecified atom stereocenters. The Hall–Kier alpha value is -2.04. The van der Waals surface area contributed by atoms with Gasteiger partial charge < -0.3 is 9.72 Å². The summed E-state index contributed by atoms with van der Waals surface area (Å²) in [7, 11) is 0. The minimum absolute atomic E-state index is 0.0130. The van der Waals surface area contributed by atoms with Crippen molar-refractivity contribution < 1.29 is 4.74 Å². The lowest BCUT2D eigenvalue weighted by molar-refractivity contribution is 0.243. The van der Waals surface area contributed by atoms with Crippen LogP contribution in [0.5, 0.6) is 5.75 Å². The molecular formula is C17H14Cl2N2O2. The Balaban J connectivity index is 2.22. The van der Waals surface area contributed by atoms with Crippen molar-refractivity contribution in [1.82, 2.24) is 9.97 Å². The summed E-state index contributed by atoms with van der Waals surface area (Å²) in [6, 6.07) is 10.2. The first-order valence-corrected chi connectivity index (χ1v) is 7.86. The van der Waals surface area contributed by atoms with Crippen LogP contribution in [-0.4, -0.2) is 16.1 Å². The summed E-state index contributed by atoms with van der Waals surface area (Å²) in [6.45, 7) is 3.86. The zero-order valence-corrected chi connectivity index (χ0v) is 14.1. The molecule has 0 saturated heterocycles. The van der Waals surface area contributed by atoms with Crippen LogP contribution in [0.4, 0.5) is 0 Å². The fourth-order valence-electron chi connectivity index (χ4n) is 2.28. The predicted octanol–water partition coefficient (Wildman–Crippen LogP) is 4.68.